The van der Waals surface area contributed by atoms with Crippen molar-refractivity contribution in [3.05, 3.63) is 76.8 Å². The molecule has 0 saturated heterocycles. The van der Waals surface area contributed by atoms with Gasteiger partial charge >= 0.3 is 0 Å². The minimum absolute atomic E-state index is 0.00272. The average Bonchev–Trinajstić information content (AvgIpc) is 2.54. The van der Waals surface area contributed by atoms with Crippen molar-refractivity contribution in [3.8, 4) is 0 Å². The van der Waals surface area contributed by atoms with Crippen LogP contribution in [0.25, 0.3) is 32.3 Å². The van der Waals surface area contributed by atoms with E-state index in [0.29, 0.717) is 0 Å². The van der Waals surface area contributed by atoms with Crippen LogP contribution in [0.3, 0.4) is 0 Å². The SMILES string of the molecule is O=[N+]([O-])c1[c]c2c3ccccc3c3ccccc3c2cc1. The zero-order chi connectivity index (χ0) is 14.4. The van der Waals surface area contributed by atoms with Gasteiger partial charge in [0.05, 0.1) is 11.0 Å². The summed E-state index contributed by atoms with van der Waals surface area (Å²) < 4.78 is 0. The highest BCUT2D eigenvalue weighted by molar-refractivity contribution is 6.25. The number of non-ortho nitro benzene ring substituents is 1. The van der Waals surface area contributed by atoms with Gasteiger partial charge in [-0.3, -0.25) is 10.1 Å². The van der Waals surface area contributed by atoms with Crippen LogP contribution in [0.1, 0.15) is 0 Å². The maximum absolute atomic E-state index is 11.0. The summed E-state index contributed by atoms with van der Waals surface area (Å²) >= 11 is 0. The number of nitrogens with zero attached hydrogens (tertiary/aromatic N) is 1. The maximum atomic E-state index is 11.0. The van der Waals surface area contributed by atoms with E-state index in [9.17, 15) is 10.1 Å². The quantitative estimate of drug-likeness (QED) is 0.282. The normalized spacial score (nSPS) is 11.2. The summed E-state index contributed by atoms with van der Waals surface area (Å²) in [5, 5.41) is 17.2. The second-order valence-corrected chi connectivity index (χ2v) is 4.98. The third-order valence-electron chi connectivity index (χ3n) is 3.83. The van der Waals surface area contributed by atoms with Crippen molar-refractivity contribution in [1.29, 1.82) is 0 Å². The van der Waals surface area contributed by atoms with E-state index in [0.717, 1.165) is 32.3 Å². The topological polar surface area (TPSA) is 43.1 Å². The molecule has 0 N–H and O–H groups in total. The van der Waals surface area contributed by atoms with Crippen molar-refractivity contribution in [3.63, 3.8) is 0 Å². The molecule has 0 atom stereocenters. The Hall–Kier alpha value is -2.94. The fourth-order valence-corrected chi connectivity index (χ4v) is 2.91. The van der Waals surface area contributed by atoms with Crippen LogP contribution < -0.4 is 0 Å². The molecule has 0 aliphatic heterocycles. The molecule has 0 fully saturated rings. The second kappa shape index (κ2) is 4.28. The molecular weight excluding hydrogens is 262 g/mol. The molecule has 4 rings (SSSR count). The molecule has 99 valence electrons. The molecule has 3 nitrogen and oxygen atoms in total. The zero-order valence-corrected chi connectivity index (χ0v) is 11.0. The summed E-state index contributed by atoms with van der Waals surface area (Å²) in [6, 6.07) is 22.4. The fraction of sp³-hybridized carbons (Fsp3) is 0. The lowest BCUT2D eigenvalue weighted by molar-refractivity contribution is -0.385. The van der Waals surface area contributed by atoms with E-state index >= 15 is 0 Å². The number of hydrogen-bond donors (Lipinski definition) is 0. The van der Waals surface area contributed by atoms with Gasteiger partial charge in [-0.15, -0.1) is 0 Å². The van der Waals surface area contributed by atoms with Crippen LogP contribution in [0.2, 0.25) is 0 Å². The van der Waals surface area contributed by atoms with Crippen molar-refractivity contribution in [2.45, 2.75) is 0 Å². The molecule has 0 spiro atoms. The van der Waals surface area contributed by atoms with E-state index in [2.05, 4.69) is 12.1 Å². The lowest BCUT2D eigenvalue weighted by Crippen LogP contribution is -1.89. The van der Waals surface area contributed by atoms with Gasteiger partial charge in [-0.25, -0.2) is 0 Å². The van der Waals surface area contributed by atoms with Crippen molar-refractivity contribution in [2.75, 3.05) is 0 Å². The van der Waals surface area contributed by atoms with Gasteiger partial charge in [0.15, 0.2) is 0 Å². The monoisotopic (exact) mass is 272 g/mol. The van der Waals surface area contributed by atoms with Crippen molar-refractivity contribution >= 4 is 38.0 Å². The molecule has 0 heterocycles. The number of nitro groups is 1. The van der Waals surface area contributed by atoms with Gasteiger partial charge in [0.2, 0.25) is 0 Å². The first-order chi connectivity index (χ1) is 10.3. The molecule has 21 heavy (non-hydrogen) atoms. The predicted molar refractivity (Wildman–Crippen MR) is 84.5 cm³/mol. The summed E-state index contributed by atoms with van der Waals surface area (Å²) in [5.74, 6) is 0. The third-order valence-corrected chi connectivity index (χ3v) is 3.83. The van der Waals surface area contributed by atoms with E-state index in [1.807, 2.05) is 48.5 Å². The number of nitro benzene ring substituents is 1. The number of rotatable bonds is 1. The first-order valence-electron chi connectivity index (χ1n) is 6.65. The number of hydrogen-bond acceptors (Lipinski definition) is 2. The smallest absolute Gasteiger partial charge is 0.258 e. The van der Waals surface area contributed by atoms with Crippen LogP contribution in [0.4, 0.5) is 5.69 Å². The Kier molecular flexibility index (Phi) is 2.42. The van der Waals surface area contributed by atoms with Crippen molar-refractivity contribution in [2.24, 2.45) is 0 Å². The standard InChI is InChI=1S/C18H10NO2/c20-19(21)12-9-10-17-15-7-2-1-5-13(15)14-6-3-4-8-16(14)18(17)11-12/h1-10H. The molecule has 1 radical (unpaired) electrons. The molecular formula is C18H10NO2. The molecule has 3 heteroatoms. The average molecular weight is 272 g/mol. The molecule has 0 aromatic heterocycles. The predicted octanol–water partition coefficient (Wildman–Crippen LogP) is 4.85. The summed E-state index contributed by atoms with van der Waals surface area (Å²) in [5.41, 5.74) is 0.00272. The lowest BCUT2D eigenvalue weighted by Gasteiger charge is -2.09. The Bertz CT molecular complexity index is 986. The van der Waals surface area contributed by atoms with E-state index in [4.69, 9.17) is 0 Å². The van der Waals surface area contributed by atoms with E-state index in [-0.39, 0.29) is 5.69 Å². The third kappa shape index (κ3) is 1.68. The molecule has 0 saturated carbocycles. The molecule has 0 amide bonds. The zero-order valence-electron chi connectivity index (χ0n) is 11.0. The van der Waals surface area contributed by atoms with Crippen LogP contribution in [0.15, 0.2) is 60.7 Å². The molecule has 0 aliphatic carbocycles. The minimum Gasteiger partial charge on any atom is -0.258 e. The Morgan fingerprint density at radius 1 is 0.714 bits per heavy atom. The molecule has 0 aliphatic rings. The maximum Gasteiger partial charge on any atom is 0.278 e. The van der Waals surface area contributed by atoms with Gasteiger partial charge in [0.25, 0.3) is 5.69 Å². The summed E-state index contributed by atoms with van der Waals surface area (Å²) in [4.78, 5) is 10.6. The largest absolute Gasteiger partial charge is 0.278 e. The fourth-order valence-electron chi connectivity index (χ4n) is 2.91. The van der Waals surface area contributed by atoms with Gasteiger partial charge in [0.1, 0.15) is 0 Å². The molecule has 0 bridgehead atoms. The molecule has 4 aromatic rings. The first kappa shape index (κ1) is 11.9. The van der Waals surface area contributed by atoms with Crippen LogP contribution in [-0.4, -0.2) is 4.92 Å². The van der Waals surface area contributed by atoms with Gasteiger partial charge < -0.3 is 0 Å². The van der Waals surface area contributed by atoms with Gasteiger partial charge in [-0.05, 0) is 33.0 Å². The van der Waals surface area contributed by atoms with Gasteiger partial charge in [-0.1, -0.05) is 48.5 Å². The number of benzene rings is 4. The van der Waals surface area contributed by atoms with Crippen molar-refractivity contribution < 1.29 is 4.92 Å². The number of fused-ring (bicyclic) bond motifs is 6. The van der Waals surface area contributed by atoms with Crippen LogP contribution in [-0.2, 0) is 0 Å². The van der Waals surface area contributed by atoms with Crippen LogP contribution >= 0.6 is 0 Å². The van der Waals surface area contributed by atoms with E-state index in [1.165, 1.54) is 6.07 Å². The van der Waals surface area contributed by atoms with Gasteiger partial charge in [0, 0.05) is 11.5 Å². The highest BCUT2D eigenvalue weighted by Gasteiger charge is 2.12. The minimum atomic E-state index is -0.399. The Labute approximate surface area is 120 Å². The molecule has 0 unspecified atom stereocenters. The Morgan fingerprint density at radius 2 is 1.19 bits per heavy atom. The summed E-state index contributed by atoms with van der Waals surface area (Å²) in [6.45, 7) is 0. The highest BCUT2D eigenvalue weighted by atomic mass is 16.6. The second-order valence-electron chi connectivity index (χ2n) is 4.98. The van der Waals surface area contributed by atoms with E-state index in [1.54, 1.807) is 0 Å². The lowest BCUT2D eigenvalue weighted by atomic mass is 9.94. The van der Waals surface area contributed by atoms with Crippen molar-refractivity contribution in [1.82, 2.24) is 0 Å². The van der Waals surface area contributed by atoms with E-state index < -0.39 is 4.92 Å². The summed E-state index contributed by atoms with van der Waals surface area (Å²) in [7, 11) is 0. The Balaban J connectivity index is 2.33. The first-order valence-corrected chi connectivity index (χ1v) is 6.65. The van der Waals surface area contributed by atoms with Gasteiger partial charge in [-0.2, -0.15) is 0 Å². The summed E-state index contributed by atoms with van der Waals surface area (Å²) in [6.07, 6.45) is 0. The highest BCUT2D eigenvalue weighted by Crippen LogP contribution is 2.35. The van der Waals surface area contributed by atoms with Crippen LogP contribution in [0.5, 0.6) is 0 Å². The molecule has 4 aromatic carbocycles. The Morgan fingerprint density at radius 3 is 1.76 bits per heavy atom. The van der Waals surface area contributed by atoms with Crippen LogP contribution in [0, 0.1) is 16.2 Å².